The molecule has 0 spiro atoms. The van der Waals surface area contributed by atoms with Gasteiger partial charge in [0.1, 0.15) is 18.0 Å². The number of amides is 1. The molecular weight excluding hydrogens is 358 g/mol. The van der Waals surface area contributed by atoms with E-state index in [1.165, 1.54) is 0 Å². The normalized spacial score (nSPS) is 18.4. The number of piperidine rings is 1. The minimum atomic E-state index is 0.0573. The van der Waals surface area contributed by atoms with E-state index in [0.717, 1.165) is 67.8 Å². The van der Waals surface area contributed by atoms with Crippen molar-refractivity contribution >= 4 is 35.0 Å². The minimum Gasteiger partial charge on any atom is -0.356 e. The molecule has 1 N–H and O–H groups in total. The lowest BCUT2D eigenvalue weighted by molar-refractivity contribution is -0.120. The van der Waals surface area contributed by atoms with Crippen LogP contribution < -0.4 is 15.1 Å². The molecule has 27 heavy (non-hydrogen) atoms. The van der Waals surface area contributed by atoms with Crippen LogP contribution in [0.2, 0.25) is 0 Å². The molecule has 0 aliphatic carbocycles. The fraction of sp³-hybridized carbons (Fsp3) is 0.450. The van der Waals surface area contributed by atoms with Crippen LogP contribution in [0, 0.1) is 5.92 Å². The van der Waals surface area contributed by atoms with Crippen LogP contribution >= 0.6 is 11.8 Å². The number of carbonyl (C=O) groups is 1. The highest BCUT2D eigenvalue weighted by atomic mass is 32.2. The van der Waals surface area contributed by atoms with Crippen LogP contribution in [-0.2, 0) is 4.79 Å². The summed E-state index contributed by atoms with van der Waals surface area (Å²) >= 11 is 2.00. The third-order valence-electron chi connectivity index (χ3n) is 5.20. The molecule has 0 saturated carbocycles. The van der Waals surface area contributed by atoms with Crippen LogP contribution in [0.25, 0.3) is 0 Å². The SMILES string of the molecule is O=C(Nc1ccccc1)C1CCN(c2cc(N3CCSCC3)ncn2)CC1. The van der Waals surface area contributed by atoms with Gasteiger partial charge in [-0.1, -0.05) is 18.2 Å². The van der Waals surface area contributed by atoms with Gasteiger partial charge in [-0.05, 0) is 25.0 Å². The second-order valence-corrected chi connectivity index (χ2v) is 8.18. The van der Waals surface area contributed by atoms with Gasteiger partial charge in [-0.2, -0.15) is 11.8 Å². The van der Waals surface area contributed by atoms with Crippen molar-refractivity contribution in [3.8, 4) is 0 Å². The monoisotopic (exact) mass is 383 g/mol. The lowest BCUT2D eigenvalue weighted by atomic mass is 9.96. The third kappa shape index (κ3) is 4.53. The maximum absolute atomic E-state index is 12.5. The molecule has 6 nitrogen and oxygen atoms in total. The summed E-state index contributed by atoms with van der Waals surface area (Å²) in [4.78, 5) is 26.1. The summed E-state index contributed by atoms with van der Waals surface area (Å²) in [5.41, 5.74) is 0.866. The maximum Gasteiger partial charge on any atom is 0.227 e. The molecule has 4 rings (SSSR count). The van der Waals surface area contributed by atoms with Gasteiger partial charge in [0.15, 0.2) is 0 Å². The predicted octanol–water partition coefficient (Wildman–Crippen LogP) is 2.88. The first-order chi connectivity index (χ1) is 13.3. The summed E-state index contributed by atoms with van der Waals surface area (Å²) in [7, 11) is 0. The highest BCUT2D eigenvalue weighted by Crippen LogP contribution is 2.26. The van der Waals surface area contributed by atoms with Crippen molar-refractivity contribution in [1.29, 1.82) is 0 Å². The highest BCUT2D eigenvalue weighted by molar-refractivity contribution is 7.99. The Kier molecular flexibility index (Phi) is 5.77. The first kappa shape index (κ1) is 18.1. The number of hydrogen-bond donors (Lipinski definition) is 1. The molecule has 0 radical (unpaired) electrons. The highest BCUT2D eigenvalue weighted by Gasteiger charge is 2.26. The second kappa shape index (κ2) is 8.61. The van der Waals surface area contributed by atoms with Gasteiger partial charge in [-0.15, -0.1) is 0 Å². The summed E-state index contributed by atoms with van der Waals surface area (Å²) in [6.45, 7) is 3.78. The summed E-state index contributed by atoms with van der Waals surface area (Å²) < 4.78 is 0. The lowest BCUT2D eigenvalue weighted by Crippen LogP contribution is -2.39. The number of nitrogens with one attached hydrogen (secondary N) is 1. The van der Waals surface area contributed by atoms with E-state index in [-0.39, 0.29) is 11.8 Å². The van der Waals surface area contributed by atoms with Crippen LogP contribution in [0.4, 0.5) is 17.3 Å². The number of thioether (sulfide) groups is 1. The number of carbonyl (C=O) groups excluding carboxylic acids is 1. The van der Waals surface area contributed by atoms with Crippen molar-refractivity contribution in [2.75, 3.05) is 52.8 Å². The predicted molar refractivity (Wildman–Crippen MR) is 112 cm³/mol. The Labute approximate surface area is 164 Å². The van der Waals surface area contributed by atoms with Gasteiger partial charge < -0.3 is 15.1 Å². The average Bonchev–Trinajstić information content (AvgIpc) is 2.75. The molecule has 0 atom stereocenters. The quantitative estimate of drug-likeness (QED) is 0.876. The average molecular weight is 384 g/mol. The lowest BCUT2D eigenvalue weighted by Gasteiger charge is -2.33. The van der Waals surface area contributed by atoms with E-state index in [9.17, 15) is 4.79 Å². The smallest absolute Gasteiger partial charge is 0.227 e. The zero-order chi connectivity index (χ0) is 18.5. The van der Waals surface area contributed by atoms with Crippen LogP contribution in [-0.4, -0.2) is 53.6 Å². The van der Waals surface area contributed by atoms with E-state index in [1.807, 2.05) is 42.1 Å². The number of rotatable bonds is 4. The Morgan fingerprint density at radius 2 is 1.59 bits per heavy atom. The molecule has 2 fully saturated rings. The summed E-state index contributed by atoms with van der Waals surface area (Å²) in [5, 5.41) is 3.03. The van der Waals surface area contributed by atoms with E-state index >= 15 is 0 Å². The molecule has 2 aliphatic rings. The Bertz CT molecular complexity index is 758. The van der Waals surface area contributed by atoms with Crippen molar-refractivity contribution in [3.05, 3.63) is 42.7 Å². The molecule has 2 aliphatic heterocycles. The number of anilines is 3. The van der Waals surface area contributed by atoms with E-state index < -0.39 is 0 Å². The summed E-state index contributed by atoms with van der Waals surface area (Å²) in [6.07, 6.45) is 3.36. The van der Waals surface area contributed by atoms with E-state index in [0.29, 0.717) is 0 Å². The number of aromatic nitrogens is 2. The van der Waals surface area contributed by atoms with Crippen molar-refractivity contribution < 1.29 is 4.79 Å². The Hall–Kier alpha value is -2.28. The van der Waals surface area contributed by atoms with Crippen LogP contribution in [0.5, 0.6) is 0 Å². The molecule has 1 amide bonds. The molecule has 1 aromatic carbocycles. The summed E-state index contributed by atoms with van der Waals surface area (Å²) in [6, 6.07) is 11.8. The van der Waals surface area contributed by atoms with Gasteiger partial charge in [0, 0.05) is 55.4 Å². The fourth-order valence-electron chi connectivity index (χ4n) is 3.61. The fourth-order valence-corrected chi connectivity index (χ4v) is 4.52. The number of hydrogen-bond acceptors (Lipinski definition) is 6. The van der Waals surface area contributed by atoms with Crippen molar-refractivity contribution in [3.63, 3.8) is 0 Å². The van der Waals surface area contributed by atoms with Gasteiger partial charge in [0.05, 0.1) is 0 Å². The number of nitrogens with zero attached hydrogens (tertiary/aromatic N) is 4. The van der Waals surface area contributed by atoms with E-state index in [1.54, 1.807) is 6.33 Å². The first-order valence-corrected chi connectivity index (χ1v) is 10.7. The number of para-hydroxylation sites is 1. The molecule has 2 aromatic rings. The van der Waals surface area contributed by atoms with Gasteiger partial charge >= 0.3 is 0 Å². The van der Waals surface area contributed by atoms with Gasteiger partial charge in [-0.25, -0.2) is 9.97 Å². The van der Waals surface area contributed by atoms with Crippen LogP contribution in [0.15, 0.2) is 42.7 Å². The molecular formula is C20H25N5OS. The van der Waals surface area contributed by atoms with Crippen molar-refractivity contribution in [2.45, 2.75) is 12.8 Å². The van der Waals surface area contributed by atoms with Crippen molar-refractivity contribution in [2.24, 2.45) is 5.92 Å². The number of benzene rings is 1. The Morgan fingerprint density at radius 3 is 2.26 bits per heavy atom. The van der Waals surface area contributed by atoms with Crippen LogP contribution in [0.3, 0.4) is 0 Å². The molecule has 142 valence electrons. The van der Waals surface area contributed by atoms with Gasteiger partial charge in [0.25, 0.3) is 0 Å². The molecule has 1 aromatic heterocycles. The van der Waals surface area contributed by atoms with Crippen molar-refractivity contribution in [1.82, 2.24) is 9.97 Å². The van der Waals surface area contributed by atoms with Gasteiger partial charge in [-0.3, -0.25) is 4.79 Å². The summed E-state index contributed by atoms with van der Waals surface area (Å²) in [5.74, 6) is 4.48. The van der Waals surface area contributed by atoms with E-state index in [4.69, 9.17) is 0 Å². The molecule has 0 unspecified atom stereocenters. The topological polar surface area (TPSA) is 61.4 Å². The minimum absolute atomic E-state index is 0.0573. The van der Waals surface area contributed by atoms with Gasteiger partial charge in [0.2, 0.25) is 5.91 Å². The Morgan fingerprint density at radius 1 is 0.963 bits per heavy atom. The third-order valence-corrected chi connectivity index (χ3v) is 6.15. The van der Waals surface area contributed by atoms with Crippen LogP contribution in [0.1, 0.15) is 12.8 Å². The second-order valence-electron chi connectivity index (χ2n) is 6.95. The Balaban J connectivity index is 1.34. The van der Waals surface area contributed by atoms with E-state index in [2.05, 4.69) is 31.2 Å². The molecule has 0 bridgehead atoms. The largest absolute Gasteiger partial charge is 0.356 e. The molecule has 3 heterocycles. The first-order valence-electron chi connectivity index (χ1n) is 9.55. The standard InChI is InChI=1S/C20H25N5OS/c26-20(23-17-4-2-1-3-5-17)16-6-8-24(9-7-16)18-14-19(22-15-21-18)25-10-12-27-13-11-25/h1-5,14-16H,6-13H2,(H,23,26). The molecule has 7 heteroatoms. The zero-order valence-corrected chi connectivity index (χ0v) is 16.2. The zero-order valence-electron chi connectivity index (χ0n) is 15.4. The molecule has 2 saturated heterocycles. The maximum atomic E-state index is 12.5.